The second-order valence-electron chi connectivity index (χ2n) is 7.52. The van der Waals surface area contributed by atoms with Gasteiger partial charge in [-0.2, -0.15) is 5.10 Å². The van der Waals surface area contributed by atoms with Crippen molar-refractivity contribution in [3.05, 3.63) is 71.1 Å². The number of thiazole rings is 1. The van der Waals surface area contributed by atoms with E-state index in [0.29, 0.717) is 22.2 Å². The third-order valence-electron chi connectivity index (χ3n) is 4.79. The van der Waals surface area contributed by atoms with Gasteiger partial charge in [0.15, 0.2) is 5.13 Å². The Balaban J connectivity index is 1.58. The van der Waals surface area contributed by atoms with E-state index in [0.717, 1.165) is 12.0 Å². The highest BCUT2D eigenvalue weighted by atomic mass is 32.1. The quantitative estimate of drug-likeness (QED) is 0.383. The number of nitrogens with one attached hydrogen (secondary N) is 1. The van der Waals surface area contributed by atoms with Gasteiger partial charge in [0.2, 0.25) is 0 Å². The summed E-state index contributed by atoms with van der Waals surface area (Å²) in [5, 5.41) is 9.52. The maximum Gasteiger partial charge on any atom is 0.261 e. The molecule has 4 aromatic rings. The van der Waals surface area contributed by atoms with Gasteiger partial charge < -0.3 is 0 Å². The zero-order chi connectivity index (χ0) is 23.4. The molecule has 0 fully saturated rings. The van der Waals surface area contributed by atoms with Gasteiger partial charge in [0.25, 0.3) is 5.91 Å². The second kappa shape index (κ2) is 9.76. The highest BCUT2D eigenvalue weighted by Crippen LogP contribution is 2.28. The molecule has 1 amide bonds. The number of halogens is 1. The van der Waals surface area contributed by atoms with Crippen LogP contribution in [0.2, 0.25) is 0 Å². The molecule has 6 nitrogen and oxygen atoms in total. The summed E-state index contributed by atoms with van der Waals surface area (Å²) in [4.78, 5) is 22.0. The van der Waals surface area contributed by atoms with Crippen LogP contribution in [0.1, 0.15) is 49.2 Å². The van der Waals surface area contributed by atoms with Crippen LogP contribution in [0.25, 0.3) is 22.6 Å². The molecule has 3 heterocycles. The first kappa shape index (κ1) is 22.4. The molecule has 8 heteroatoms. The van der Waals surface area contributed by atoms with E-state index in [2.05, 4.69) is 32.2 Å². The Morgan fingerprint density at radius 3 is 2.73 bits per heavy atom. The zero-order valence-corrected chi connectivity index (χ0v) is 19.3. The fourth-order valence-corrected chi connectivity index (χ4v) is 3.80. The monoisotopic (exact) mass is 459 g/mol. The summed E-state index contributed by atoms with van der Waals surface area (Å²) in [5.74, 6) is 5.21. The molecule has 0 unspecified atom stereocenters. The molecule has 1 aromatic carbocycles. The third kappa shape index (κ3) is 4.99. The van der Waals surface area contributed by atoms with Crippen molar-refractivity contribution in [1.29, 1.82) is 0 Å². The van der Waals surface area contributed by atoms with Crippen LogP contribution in [0.3, 0.4) is 0 Å². The van der Waals surface area contributed by atoms with Crippen molar-refractivity contribution < 1.29 is 9.18 Å². The summed E-state index contributed by atoms with van der Waals surface area (Å²) in [5.41, 5.74) is 3.03. The predicted octanol–water partition coefficient (Wildman–Crippen LogP) is 5.80. The van der Waals surface area contributed by atoms with E-state index in [1.54, 1.807) is 35.3 Å². The minimum atomic E-state index is -0.435. The number of aromatic nitrogens is 4. The molecule has 0 radical (unpaired) electrons. The largest absolute Gasteiger partial charge is 0.298 e. The smallest absolute Gasteiger partial charge is 0.261 e. The standard InChI is InChI=1S/C25H22FN5OS/c1-4-5-8-17-11-12-21(27-13-17)22-15-33-25(28-22)29-24(32)19-14-31(16(2)3)30-23(19)18-9-6-7-10-20(18)26/h6-7,9-16H,4H2,1-3H3,(H,28,29,32). The lowest BCUT2D eigenvalue weighted by Gasteiger charge is -2.04. The Morgan fingerprint density at radius 1 is 1.21 bits per heavy atom. The number of hydrogen-bond acceptors (Lipinski definition) is 5. The molecular weight excluding hydrogens is 437 g/mol. The van der Waals surface area contributed by atoms with Crippen LogP contribution < -0.4 is 5.32 Å². The van der Waals surface area contributed by atoms with E-state index in [-0.39, 0.29) is 17.2 Å². The number of rotatable bonds is 5. The number of carbonyl (C=O) groups is 1. The lowest BCUT2D eigenvalue weighted by Crippen LogP contribution is -2.12. The first-order chi connectivity index (χ1) is 16.0. The van der Waals surface area contributed by atoms with E-state index in [1.165, 1.54) is 17.4 Å². The van der Waals surface area contributed by atoms with Crippen LogP contribution in [-0.4, -0.2) is 25.7 Å². The van der Waals surface area contributed by atoms with Crippen LogP contribution in [0.15, 0.2) is 54.2 Å². The third-order valence-corrected chi connectivity index (χ3v) is 5.55. The van der Waals surface area contributed by atoms with Crippen LogP contribution >= 0.6 is 11.3 Å². The Morgan fingerprint density at radius 2 is 2.03 bits per heavy atom. The summed E-state index contributed by atoms with van der Waals surface area (Å²) in [6.07, 6.45) is 4.12. The lowest BCUT2D eigenvalue weighted by molar-refractivity contribution is 0.102. The maximum atomic E-state index is 14.4. The minimum Gasteiger partial charge on any atom is -0.298 e. The van der Waals surface area contributed by atoms with E-state index in [1.807, 2.05) is 38.3 Å². The predicted molar refractivity (Wildman–Crippen MR) is 128 cm³/mol. The van der Waals surface area contributed by atoms with E-state index in [9.17, 15) is 9.18 Å². The van der Waals surface area contributed by atoms with Gasteiger partial charge in [-0.15, -0.1) is 11.3 Å². The summed E-state index contributed by atoms with van der Waals surface area (Å²) < 4.78 is 16.1. The van der Waals surface area contributed by atoms with Crippen LogP contribution in [0, 0.1) is 17.7 Å². The maximum absolute atomic E-state index is 14.4. The van der Waals surface area contributed by atoms with E-state index in [4.69, 9.17) is 0 Å². The molecule has 33 heavy (non-hydrogen) atoms. The Labute approximate surface area is 195 Å². The van der Waals surface area contributed by atoms with Crippen molar-refractivity contribution in [1.82, 2.24) is 19.7 Å². The van der Waals surface area contributed by atoms with Crippen LogP contribution in [0.5, 0.6) is 0 Å². The van der Waals surface area contributed by atoms with Crippen molar-refractivity contribution in [2.24, 2.45) is 0 Å². The number of nitrogens with zero attached hydrogens (tertiary/aromatic N) is 4. The number of benzene rings is 1. The molecule has 0 spiro atoms. The average Bonchev–Trinajstić information content (AvgIpc) is 3.46. The first-order valence-electron chi connectivity index (χ1n) is 10.5. The molecule has 0 aliphatic heterocycles. The van der Waals surface area contributed by atoms with Crippen molar-refractivity contribution >= 4 is 22.4 Å². The average molecular weight is 460 g/mol. The summed E-state index contributed by atoms with van der Waals surface area (Å²) in [6, 6.07) is 10.0. The summed E-state index contributed by atoms with van der Waals surface area (Å²) in [7, 11) is 0. The SMILES string of the molecule is CCC#Cc1ccc(-c2csc(NC(=O)c3cn(C(C)C)nc3-c3ccccc3F)n2)nc1. The Kier molecular flexibility index (Phi) is 6.61. The number of anilines is 1. The van der Waals surface area contributed by atoms with Gasteiger partial charge in [-0.3, -0.25) is 19.8 Å². The Hall–Kier alpha value is -3.83. The Bertz CT molecular complexity index is 1350. The van der Waals surface area contributed by atoms with E-state index < -0.39 is 11.7 Å². The van der Waals surface area contributed by atoms with Gasteiger partial charge in [0.1, 0.15) is 17.2 Å². The van der Waals surface area contributed by atoms with Crippen LogP contribution in [0.4, 0.5) is 9.52 Å². The van der Waals surface area contributed by atoms with Gasteiger partial charge in [-0.05, 0) is 38.1 Å². The second-order valence-corrected chi connectivity index (χ2v) is 8.38. The number of hydrogen-bond donors (Lipinski definition) is 1. The summed E-state index contributed by atoms with van der Waals surface area (Å²) >= 11 is 1.29. The van der Waals surface area contributed by atoms with E-state index >= 15 is 0 Å². The molecule has 0 bridgehead atoms. The van der Waals surface area contributed by atoms with Gasteiger partial charge in [-0.25, -0.2) is 9.37 Å². The first-order valence-corrected chi connectivity index (χ1v) is 11.4. The highest BCUT2D eigenvalue weighted by Gasteiger charge is 2.22. The molecule has 0 saturated carbocycles. The molecule has 0 aliphatic carbocycles. The van der Waals surface area contributed by atoms with Crippen molar-refractivity contribution in [3.63, 3.8) is 0 Å². The lowest BCUT2D eigenvalue weighted by atomic mass is 10.1. The van der Waals surface area contributed by atoms with Gasteiger partial charge in [-0.1, -0.05) is 30.9 Å². The van der Waals surface area contributed by atoms with Crippen molar-refractivity contribution in [3.8, 4) is 34.5 Å². The summed E-state index contributed by atoms with van der Waals surface area (Å²) in [6.45, 7) is 5.88. The van der Waals surface area contributed by atoms with Gasteiger partial charge >= 0.3 is 0 Å². The van der Waals surface area contributed by atoms with Gasteiger partial charge in [0.05, 0.1) is 11.3 Å². The zero-order valence-electron chi connectivity index (χ0n) is 18.5. The fourth-order valence-electron chi connectivity index (χ4n) is 3.10. The topological polar surface area (TPSA) is 72.7 Å². The molecule has 166 valence electrons. The molecule has 1 N–H and O–H groups in total. The number of pyridine rings is 1. The highest BCUT2D eigenvalue weighted by molar-refractivity contribution is 7.14. The molecule has 0 atom stereocenters. The number of carbonyl (C=O) groups excluding carboxylic acids is 1. The van der Waals surface area contributed by atoms with Crippen molar-refractivity contribution in [2.75, 3.05) is 5.32 Å². The van der Waals surface area contributed by atoms with Gasteiger partial charge in [0, 0.05) is 41.4 Å². The molecule has 4 rings (SSSR count). The van der Waals surface area contributed by atoms with Crippen molar-refractivity contribution in [2.45, 2.75) is 33.2 Å². The molecular formula is C25H22FN5OS. The number of amides is 1. The molecule has 3 aromatic heterocycles. The molecule has 0 aliphatic rings. The van der Waals surface area contributed by atoms with Crippen LogP contribution in [-0.2, 0) is 0 Å². The fraction of sp³-hybridized carbons (Fsp3) is 0.200. The minimum absolute atomic E-state index is 0.0135. The molecule has 0 saturated heterocycles. The normalized spacial score (nSPS) is 10.7.